The maximum Gasteiger partial charge on any atom is 0.357 e. The van der Waals surface area contributed by atoms with Crippen molar-refractivity contribution in [3.63, 3.8) is 0 Å². The smallest absolute Gasteiger partial charge is 0.357 e. The van der Waals surface area contributed by atoms with Crippen molar-refractivity contribution in [2.24, 2.45) is 0 Å². The van der Waals surface area contributed by atoms with Crippen molar-refractivity contribution in [3.8, 4) is 10.4 Å². The molecule has 0 aliphatic carbocycles. The Labute approximate surface area is 163 Å². The fourth-order valence-corrected chi connectivity index (χ4v) is 5.33. The zero-order valence-corrected chi connectivity index (χ0v) is 16.1. The van der Waals surface area contributed by atoms with Gasteiger partial charge in [-0.05, 0) is 42.4 Å². The van der Waals surface area contributed by atoms with Crippen molar-refractivity contribution in [2.45, 2.75) is 18.9 Å². The van der Waals surface area contributed by atoms with E-state index in [0.717, 1.165) is 28.0 Å². The summed E-state index contributed by atoms with van der Waals surface area (Å²) < 4.78 is 0.642. The van der Waals surface area contributed by atoms with E-state index in [4.69, 9.17) is 11.6 Å². The summed E-state index contributed by atoms with van der Waals surface area (Å²) in [5, 5.41) is 22.6. The molecule has 1 unspecified atom stereocenters. The Hall–Kier alpha value is -1.83. The monoisotopic (exact) mass is 405 g/mol. The van der Waals surface area contributed by atoms with E-state index >= 15 is 0 Å². The number of carboxylic acid groups (broad SMARTS) is 1. The first kappa shape index (κ1) is 17.6. The number of nitrogens with zero attached hydrogens (tertiary/aromatic N) is 2. The van der Waals surface area contributed by atoms with Gasteiger partial charge < -0.3 is 10.4 Å². The molecular weight excluding hydrogens is 390 g/mol. The highest BCUT2D eigenvalue weighted by atomic mass is 35.5. The van der Waals surface area contributed by atoms with Crippen LogP contribution in [0.1, 0.15) is 23.3 Å². The van der Waals surface area contributed by atoms with Gasteiger partial charge in [0.1, 0.15) is 0 Å². The molecule has 2 aromatic heterocycles. The van der Waals surface area contributed by atoms with Gasteiger partial charge in [0.15, 0.2) is 11.5 Å². The van der Waals surface area contributed by atoms with E-state index in [1.165, 1.54) is 23.5 Å². The molecule has 0 radical (unpaired) electrons. The van der Waals surface area contributed by atoms with Crippen LogP contribution in [0.5, 0.6) is 0 Å². The number of thiophene rings is 1. The lowest BCUT2D eigenvalue weighted by Gasteiger charge is -2.23. The molecule has 0 saturated carbocycles. The van der Waals surface area contributed by atoms with E-state index < -0.39 is 5.97 Å². The van der Waals surface area contributed by atoms with Crippen LogP contribution in [0.25, 0.3) is 20.5 Å². The maximum atomic E-state index is 11.6. The van der Waals surface area contributed by atoms with Gasteiger partial charge in [0.25, 0.3) is 0 Å². The SMILES string of the molecule is O=C(O)c1nnc(NC2CCCSC2)c2cc(-c3ccc(Cl)cc3)sc12. The minimum absolute atomic E-state index is 0.00576. The highest BCUT2D eigenvalue weighted by molar-refractivity contribution is 7.99. The number of nitrogens with one attached hydrogen (secondary N) is 1. The first-order valence-electron chi connectivity index (χ1n) is 8.25. The molecule has 3 aromatic rings. The molecule has 1 aliphatic rings. The van der Waals surface area contributed by atoms with E-state index in [9.17, 15) is 9.90 Å². The molecule has 1 fully saturated rings. The van der Waals surface area contributed by atoms with E-state index in [2.05, 4.69) is 15.5 Å². The average Bonchev–Trinajstić information content (AvgIpc) is 3.09. The van der Waals surface area contributed by atoms with Crippen LogP contribution < -0.4 is 5.32 Å². The van der Waals surface area contributed by atoms with Crippen LogP contribution in [0.15, 0.2) is 30.3 Å². The minimum Gasteiger partial charge on any atom is -0.476 e. The van der Waals surface area contributed by atoms with Crippen molar-refractivity contribution >= 4 is 56.6 Å². The normalized spacial score (nSPS) is 17.3. The quantitative estimate of drug-likeness (QED) is 0.634. The van der Waals surface area contributed by atoms with Crippen LogP contribution in [0.2, 0.25) is 5.02 Å². The third kappa shape index (κ3) is 3.51. The first-order valence-corrected chi connectivity index (χ1v) is 10.6. The number of carboxylic acids is 1. The average molecular weight is 406 g/mol. The van der Waals surface area contributed by atoms with Crippen LogP contribution in [0.3, 0.4) is 0 Å². The fourth-order valence-electron chi connectivity index (χ4n) is 2.99. The number of carbonyl (C=O) groups is 1. The summed E-state index contributed by atoms with van der Waals surface area (Å²) in [6.07, 6.45) is 2.26. The molecule has 0 spiro atoms. The minimum atomic E-state index is -1.06. The molecule has 2 N–H and O–H groups in total. The molecule has 1 atom stereocenters. The van der Waals surface area contributed by atoms with Crippen molar-refractivity contribution in [1.29, 1.82) is 0 Å². The molecule has 3 heterocycles. The van der Waals surface area contributed by atoms with Crippen molar-refractivity contribution in [1.82, 2.24) is 10.2 Å². The highest BCUT2D eigenvalue weighted by Crippen LogP contribution is 2.38. The van der Waals surface area contributed by atoms with E-state index in [0.29, 0.717) is 21.6 Å². The Morgan fingerprint density at radius 2 is 2.08 bits per heavy atom. The Balaban J connectivity index is 1.78. The van der Waals surface area contributed by atoms with Crippen LogP contribution in [0.4, 0.5) is 5.82 Å². The standard InChI is InChI=1S/C18H16ClN3O2S2/c19-11-5-3-10(4-6-11)14-8-13-16(26-14)15(18(23)24)21-22-17(13)20-12-2-1-7-25-9-12/h3-6,8,12H,1-2,7,9H2,(H,20,22)(H,23,24). The zero-order valence-electron chi connectivity index (χ0n) is 13.7. The topological polar surface area (TPSA) is 75.1 Å². The van der Waals surface area contributed by atoms with Gasteiger partial charge in [0, 0.05) is 27.1 Å². The second kappa shape index (κ2) is 7.42. The highest BCUT2D eigenvalue weighted by Gasteiger charge is 2.21. The van der Waals surface area contributed by atoms with Gasteiger partial charge in [-0.15, -0.1) is 21.5 Å². The van der Waals surface area contributed by atoms with E-state index in [1.54, 1.807) is 0 Å². The lowest BCUT2D eigenvalue weighted by atomic mass is 10.1. The van der Waals surface area contributed by atoms with Gasteiger partial charge in [0.2, 0.25) is 0 Å². The lowest BCUT2D eigenvalue weighted by molar-refractivity contribution is 0.0692. The van der Waals surface area contributed by atoms with Gasteiger partial charge in [-0.2, -0.15) is 11.8 Å². The predicted molar refractivity (Wildman–Crippen MR) is 109 cm³/mol. The number of anilines is 1. The van der Waals surface area contributed by atoms with E-state index in [1.807, 2.05) is 42.1 Å². The van der Waals surface area contributed by atoms with Crippen LogP contribution in [-0.2, 0) is 0 Å². The summed E-state index contributed by atoms with van der Waals surface area (Å²) in [5.41, 5.74) is 0.986. The number of aromatic carboxylic acids is 1. The van der Waals surface area contributed by atoms with Gasteiger partial charge in [-0.25, -0.2) is 4.79 Å². The van der Waals surface area contributed by atoms with Crippen molar-refractivity contribution < 1.29 is 9.90 Å². The molecule has 8 heteroatoms. The third-order valence-electron chi connectivity index (χ3n) is 4.28. The molecule has 134 valence electrons. The zero-order chi connectivity index (χ0) is 18.1. The Morgan fingerprint density at radius 3 is 2.77 bits per heavy atom. The van der Waals surface area contributed by atoms with Crippen LogP contribution in [0, 0.1) is 0 Å². The number of halogens is 1. The third-order valence-corrected chi connectivity index (χ3v) is 6.94. The summed E-state index contributed by atoms with van der Waals surface area (Å²) in [6.45, 7) is 0. The Morgan fingerprint density at radius 1 is 1.27 bits per heavy atom. The van der Waals surface area contributed by atoms with Crippen molar-refractivity contribution in [3.05, 3.63) is 41.0 Å². The molecule has 1 saturated heterocycles. The second-order valence-electron chi connectivity index (χ2n) is 6.12. The molecule has 1 aliphatic heterocycles. The number of rotatable bonds is 4. The fraction of sp³-hybridized carbons (Fsp3) is 0.278. The number of hydrogen-bond acceptors (Lipinski definition) is 6. The lowest BCUT2D eigenvalue weighted by Crippen LogP contribution is -2.26. The number of hydrogen-bond donors (Lipinski definition) is 2. The predicted octanol–water partition coefficient (Wildman–Crippen LogP) is 5.02. The second-order valence-corrected chi connectivity index (χ2v) is 8.76. The molecule has 0 amide bonds. The van der Waals surface area contributed by atoms with Gasteiger partial charge in [0.05, 0.1) is 4.70 Å². The van der Waals surface area contributed by atoms with E-state index in [-0.39, 0.29) is 5.69 Å². The van der Waals surface area contributed by atoms with Gasteiger partial charge in [-0.1, -0.05) is 23.7 Å². The number of thioether (sulfide) groups is 1. The molecular formula is C18H16ClN3O2S2. The maximum absolute atomic E-state index is 11.6. The molecule has 0 bridgehead atoms. The summed E-state index contributed by atoms with van der Waals surface area (Å²) >= 11 is 9.31. The number of fused-ring (bicyclic) bond motifs is 1. The Kier molecular flexibility index (Phi) is 5.02. The van der Waals surface area contributed by atoms with Crippen LogP contribution in [-0.4, -0.2) is 38.8 Å². The number of aromatic nitrogens is 2. The summed E-state index contributed by atoms with van der Waals surface area (Å²) in [4.78, 5) is 12.5. The summed E-state index contributed by atoms with van der Waals surface area (Å²) in [5.74, 6) is 1.81. The van der Waals surface area contributed by atoms with Crippen LogP contribution >= 0.6 is 34.7 Å². The molecule has 1 aromatic carbocycles. The molecule has 26 heavy (non-hydrogen) atoms. The summed E-state index contributed by atoms with van der Waals surface area (Å²) in [6, 6.07) is 9.84. The van der Waals surface area contributed by atoms with Gasteiger partial charge in [-0.3, -0.25) is 0 Å². The largest absolute Gasteiger partial charge is 0.476 e. The number of benzene rings is 1. The first-order chi connectivity index (χ1) is 12.6. The summed E-state index contributed by atoms with van der Waals surface area (Å²) in [7, 11) is 0. The van der Waals surface area contributed by atoms with Crippen molar-refractivity contribution in [2.75, 3.05) is 16.8 Å². The van der Waals surface area contributed by atoms with Gasteiger partial charge >= 0.3 is 5.97 Å². The molecule has 4 rings (SSSR count). The Bertz CT molecular complexity index is 953. The molecule has 5 nitrogen and oxygen atoms in total.